The molecule has 0 saturated carbocycles. The maximum atomic E-state index is 10.2. The normalized spacial score (nSPS) is 13.9. The topological polar surface area (TPSA) is 70.9 Å². The molecule has 5 nitrogen and oxygen atoms in total. The van der Waals surface area contributed by atoms with E-state index in [9.17, 15) is 4.79 Å². The number of carboxylic acid groups (broad SMARTS) is 1. The van der Waals surface area contributed by atoms with Crippen molar-refractivity contribution in [3.8, 4) is 0 Å². The molecule has 15 heavy (non-hydrogen) atoms. The van der Waals surface area contributed by atoms with Gasteiger partial charge in [0.05, 0.1) is 11.5 Å². The van der Waals surface area contributed by atoms with Gasteiger partial charge in [0.2, 0.25) is 0 Å². The molecular weight excluding hydrogens is 216 g/mol. The van der Waals surface area contributed by atoms with Gasteiger partial charge < -0.3 is 15.2 Å². The fourth-order valence-electron chi connectivity index (χ4n) is 0.804. The van der Waals surface area contributed by atoms with E-state index in [2.05, 4.69) is 10.3 Å². The summed E-state index contributed by atoms with van der Waals surface area (Å²) in [6, 6.07) is 0. The number of thioether (sulfide) groups is 1. The molecule has 0 aliphatic rings. The van der Waals surface area contributed by atoms with E-state index >= 15 is 0 Å². The Morgan fingerprint density at radius 3 is 2.80 bits per heavy atom. The van der Waals surface area contributed by atoms with Gasteiger partial charge in [0.25, 0.3) is 0 Å². The number of ether oxygens (including phenoxy) is 1. The van der Waals surface area contributed by atoms with Gasteiger partial charge in [0, 0.05) is 27.2 Å². The largest absolute Gasteiger partial charge is 0.481 e. The second-order valence-electron chi connectivity index (χ2n) is 2.86. The van der Waals surface area contributed by atoms with E-state index in [0.717, 1.165) is 5.04 Å². The number of aliphatic imine (C=N–C) groups is 1. The van der Waals surface area contributed by atoms with Crippen LogP contribution in [0.25, 0.3) is 0 Å². The number of carboxylic acids is 1. The summed E-state index contributed by atoms with van der Waals surface area (Å²) in [5.41, 5.74) is 0.0602. The van der Waals surface area contributed by atoms with Crippen molar-refractivity contribution in [2.75, 3.05) is 27.2 Å². The Kier molecular flexibility index (Phi) is 8.35. The minimum atomic E-state index is -0.796. The quantitative estimate of drug-likeness (QED) is 0.295. The highest BCUT2D eigenvalue weighted by atomic mass is 32.2. The van der Waals surface area contributed by atoms with E-state index < -0.39 is 5.97 Å². The molecule has 0 rings (SSSR count). The van der Waals surface area contributed by atoms with Gasteiger partial charge in [-0.05, 0) is 6.92 Å². The third-order valence-corrected chi connectivity index (χ3v) is 2.80. The number of nitrogens with zero attached hydrogens (tertiary/aromatic N) is 1. The number of hydrogen-bond donors (Lipinski definition) is 2. The SMILES string of the molecule is C/N=C(/CNCCC(=O)O)SC(C)OC. The number of rotatable bonds is 7. The summed E-state index contributed by atoms with van der Waals surface area (Å²) < 4.78 is 5.09. The second kappa shape index (κ2) is 8.70. The predicted molar refractivity (Wildman–Crippen MR) is 62.5 cm³/mol. The van der Waals surface area contributed by atoms with Gasteiger partial charge in [0.1, 0.15) is 5.44 Å². The van der Waals surface area contributed by atoms with Crippen molar-refractivity contribution in [1.82, 2.24) is 5.32 Å². The lowest BCUT2D eigenvalue weighted by molar-refractivity contribution is -0.136. The lowest BCUT2D eigenvalue weighted by atomic mass is 10.4. The molecule has 0 heterocycles. The molecule has 1 unspecified atom stereocenters. The molecule has 0 spiro atoms. The summed E-state index contributed by atoms with van der Waals surface area (Å²) in [6.45, 7) is 2.98. The van der Waals surface area contributed by atoms with Crippen molar-refractivity contribution >= 4 is 22.8 Å². The van der Waals surface area contributed by atoms with E-state index in [-0.39, 0.29) is 11.9 Å². The van der Waals surface area contributed by atoms with Gasteiger partial charge in [-0.2, -0.15) is 0 Å². The summed E-state index contributed by atoms with van der Waals surface area (Å²) in [5.74, 6) is -0.796. The van der Waals surface area contributed by atoms with Crippen molar-refractivity contribution in [3.63, 3.8) is 0 Å². The molecule has 6 heteroatoms. The van der Waals surface area contributed by atoms with Crippen LogP contribution in [-0.4, -0.2) is 48.8 Å². The van der Waals surface area contributed by atoms with Crippen molar-refractivity contribution in [1.29, 1.82) is 0 Å². The van der Waals surface area contributed by atoms with Crippen LogP contribution in [0.1, 0.15) is 13.3 Å². The molecular formula is C9H18N2O3S. The van der Waals surface area contributed by atoms with Crippen molar-refractivity contribution in [2.24, 2.45) is 4.99 Å². The average Bonchev–Trinajstić information content (AvgIpc) is 2.21. The van der Waals surface area contributed by atoms with Crippen molar-refractivity contribution < 1.29 is 14.6 Å². The maximum absolute atomic E-state index is 10.2. The Labute approximate surface area is 94.3 Å². The van der Waals surface area contributed by atoms with Crippen LogP contribution < -0.4 is 5.32 Å². The first-order valence-corrected chi connectivity index (χ1v) is 5.55. The van der Waals surface area contributed by atoms with Crippen LogP contribution in [0.4, 0.5) is 0 Å². The Morgan fingerprint density at radius 2 is 2.33 bits per heavy atom. The summed E-state index contributed by atoms with van der Waals surface area (Å²) in [4.78, 5) is 14.3. The van der Waals surface area contributed by atoms with Gasteiger partial charge >= 0.3 is 5.97 Å². The van der Waals surface area contributed by atoms with Crippen LogP contribution in [-0.2, 0) is 9.53 Å². The number of nitrogens with one attached hydrogen (secondary N) is 1. The summed E-state index contributed by atoms with van der Waals surface area (Å²) >= 11 is 1.52. The number of carbonyl (C=O) groups is 1. The smallest absolute Gasteiger partial charge is 0.304 e. The molecule has 0 saturated heterocycles. The second-order valence-corrected chi connectivity index (χ2v) is 4.23. The molecule has 0 aliphatic carbocycles. The van der Waals surface area contributed by atoms with Crippen molar-refractivity contribution in [3.05, 3.63) is 0 Å². The molecule has 1 atom stereocenters. The average molecular weight is 234 g/mol. The van der Waals surface area contributed by atoms with Crippen LogP contribution >= 0.6 is 11.8 Å². The molecule has 0 amide bonds. The van der Waals surface area contributed by atoms with Crippen LogP contribution in [0.15, 0.2) is 4.99 Å². The van der Waals surface area contributed by atoms with E-state index in [1.54, 1.807) is 14.2 Å². The number of methoxy groups -OCH3 is 1. The maximum Gasteiger partial charge on any atom is 0.304 e. The lowest BCUT2D eigenvalue weighted by Gasteiger charge is -2.11. The Bertz CT molecular complexity index is 221. The monoisotopic (exact) mass is 234 g/mol. The van der Waals surface area contributed by atoms with Gasteiger partial charge in [-0.1, -0.05) is 11.8 Å². The van der Waals surface area contributed by atoms with Gasteiger partial charge in [-0.15, -0.1) is 0 Å². The standard InChI is InChI=1S/C9H18N2O3S/c1-7(14-3)15-8(10-2)6-11-5-4-9(12)13/h7,11H,4-6H2,1-3H3,(H,12,13)/b10-8-. The first kappa shape index (κ1) is 14.4. The minimum absolute atomic E-state index is 0.0602. The molecule has 0 fully saturated rings. The third kappa shape index (κ3) is 8.41. The highest BCUT2D eigenvalue weighted by Gasteiger charge is 2.06. The zero-order valence-corrected chi connectivity index (χ0v) is 10.1. The Morgan fingerprint density at radius 1 is 1.67 bits per heavy atom. The van der Waals surface area contributed by atoms with Gasteiger partial charge in [0.15, 0.2) is 0 Å². The molecule has 2 N–H and O–H groups in total. The molecule has 0 radical (unpaired) electrons. The minimum Gasteiger partial charge on any atom is -0.481 e. The van der Waals surface area contributed by atoms with Crippen LogP contribution in [0.2, 0.25) is 0 Å². The summed E-state index contributed by atoms with van der Waals surface area (Å²) in [5, 5.41) is 12.3. The molecule has 0 aromatic rings. The highest BCUT2D eigenvalue weighted by molar-refractivity contribution is 8.14. The van der Waals surface area contributed by atoms with Gasteiger partial charge in [-0.25, -0.2) is 0 Å². The Hall–Kier alpha value is -0.590. The van der Waals surface area contributed by atoms with Gasteiger partial charge in [-0.3, -0.25) is 9.79 Å². The molecule has 0 aromatic heterocycles. The highest BCUT2D eigenvalue weighted by Crippen LogP contribution is 2.12. The fraction of sp³-hybridized carbons (Fsp3) is 0.778. The zero-order valence-electron chi connectivity index (χ0n) is 9.32. The first-order valence-electron chi connectivity index (χ1n) is 4.67. The summed E-state index contributed by atoms with van der Waals surface area (Å²) in [7, 11) is 3.35. The molecule has 0 bridgehead atoms. The van der Waals surface area contributed by atoms with E-state index in [0.29, 0.717) is 13.1 Å². The zero-order chi connectivity index (χ0) is 11.7. The number of aliphatic carboxylic acids is 1. The predicted octanol–water partition coefficient (Wildman–Crippen LogP) is 0.805. The Balaban J connectivity index is 3.67. The fourth-order valence-corrected chi connectivity index (χ4v) is 1.57. The van der Waals surface area contributed by atoms with E-state index in [4.69, 9.17) is 9.84 Å². The lowest BCUT2D eigenvalue weighted by Crippen LogP contribution is -2.25. The molecule has 0 aliphatic heterocycles. The molecule has 88 valence electrons. The van der Waals surface area contributed by atoms with Crippen LogP contribution in [0.3, 0.4) is 0 Å². The summed E-state index contributed by atoms with van der Waals surface area (Å²) in [6.07, 6.45) is 0.126. The third-order valence-electron chi connectivity index (χ3n) is 1.68. The van der Waals surface area contributed by atoms with Crippen LogP contribution in [0, 0.1) is 0 Å². The van der Waals surface area contributed by atoms with Crippen molar-refractivity contribution in [2.45, 2.75) is 18.8 Å². The number of hydrogen-bond acceptors (Lipinski definition) is 5. The van der Waals surface area contributed by atoms with Crippen LogP contribution in [0.5, 0.6) is 0 Å². The van der Waals surface area contributed by atoms with E-state index in [1.165, 1.54) is 11.8 Å². The van der Waals surface area contributed by atoms with E-state index in [1.807, 2.05) is 6.92 Å². The first-order chi connectivity index (χ1) is 7.10. The molecule has 0 aromatic carbocycles.